The summed E-state index contributed by atoms with van der Waals surface area (Å²) in [6.07, 6.45) is 3.08. The lowest BCUT2D eigenvalue weighted by molar-refractivity contribution is 0.0966. The molecule has 0 aliphatic heterocycles. The number of para-hydroxylation sites is 2. The standard InChI is InChI=1S/C18H15NO3/c1-12-7-8-14(11-13(12)2)9-10-17(20)19-15-5-3-4-6-16(15)22-18(19)21/h3-11H,1-2H3/b10-9+. The lowest BCUT2D eigenvalue weighted by Crippen LogP contribution is -2.20. The second-order valence-electron chi connectivity index (χ2n) is 5.19. The minimum absolute atomic E-state index is 0.403. The fraction of sp³-hybridized carbons (Fsp3) is 0.111. The molecule has 2 aromatic carbocycles. The second kappa shape index (κ2) is 5.48. The molecule has 0 spiro atoms. The van der Waals surface area contributed by atoms with E-state index in [1.54, 1.807) is 30.3 Å². The average Bonchev–Trinajstić information content (AvgIpc) is 2.84. The summed E-state index contributed by atoms with van der Waals surface area (Å²) in [5, 5.41) is 0. The molecular weight excluding hydrogens is 278 g/mol. The number of aryl methyl sites for hydroxylation is 2. The monoisotopic (exact) mass is 293 g/mol. The van der Waals surface area contributed by atoms with Gasteiger partial charge in [-0.2, -0.15) is 0 Å². The maximum atomic E-state index is 12.3. The van der Waals surface area contributed by atoms with E-state index in [1.807, 2.05) is 32.0 Å². The van der Waals surface area contributed by atoms with Gasteiger partial charge in [0.15, 0.2) is 5.58 Å². The van der Waals surface area contributed by atoms with Crippen molar-refractivity contribution in [2.45, 2.75) is 13.8 Å². The number of fused-ring (bicyclic) bond motifs is 1. The third kappa shape index (κ3) is 2.51. The Balaban J connectivity index is 1.96. The van der Waals surface area contributed by atoms with Crippen LogP contribution >= 0.6 is 0 Å². The van der Waals surface area contributed by atoms with Crippen molar-refractivity contribution in [3.05, 3.63) is 75.8 Å². The second-order valence-corrected chi connectivity index (χ2v) is 5.19. The zero-order valence-electron chi connectivity index (χ0n) is 12.4. The highest BCUT2D eigenvalue weighted by atomic mass is 16.4. The molecule has 0 fully saturated rings. The highest BCUT2D eigenvalue weighted by Crippen LogP contribution is 2.13. The zero-order chi connectivity index (χ0) is 15.7. The van der Waals surface area contributed by atoms with Gasteiger partial charge in [-0.15, -0.1) is 0 Å². The molecule has 4 heteroatoms. The Morgan fingerprint density at radius 1 is 1.09 bits per heavy atom. The fourth-order valence-electron chi connectivity index (χ4n) is 2.29. The first-order valence-corrected chi connectivity index (χ1v) is 6.96. The Bertz CT molecular complexity index is 944. The van der Waals surface area contributed by atoms with Crippen molar-refractivity contribution >= 4 is 23.1 Å². The van der Waals surface area contributed by atoms with Crippen LogP contribution in [0.25, 0.3) is 17.2 Å². The van der Waals surface area contributed by atoms with Crippen molar-refractivity contribution < 1.29 is 9.21 Å². The van der Waals surface area contributed by atoms with Crippen molar-refractivity contribution in [1.82, 2.24) is 4.57 Å². The topological polar surface area (TPSA) is 52.2 Å². The summed E-state index contributed by atoms with van der Waals surface area (Å²) in [5.74, 6) is -1.09. The Hall–Kier alpha value is -2.88. The first-order chi connectivity index (χ1) is 10.6. The molecule has 22 heavy (non-hydrogen) atoms. The van der Waals surface area contributed by atoms with Crippen LogP contribution in [0.3, 0.4) is 0 Å². The first kappa shape index (κ1) is 14.1. The van der Waals surface area contributed by atoms with Gasteiger partial charge in [0.25, 0.3) is 5.91 Å². The molecule has 0 bridgehead atoms. The third-order valence-corrected chi connectivity index (χ3v) is 3.66. The van der Waals surface area contributed by atoms with Crippen LogP contribution in [0.15, 0.2) is 57.8 Å². The molecular formula is C18H15NO3. The summed E-state index contributed by atoms with van der Waals surface area (Å²) in [7, 11) is 0. The van der Waals surface area contributed by atoms with Gasteiger partial charge in [0.2, 0.25) is 0 Å². The summed E-state index contributed by atoms with van der Waals surface area (Å²) >= 11 is 0. The minimum atomic E-state index is -0.670. The lowest BCUT2D eigenvalue weighted by atomic mass is 10.1. The van der Waals surface area contributed by atoms with E-state index in [4.69, 9.17) is 4.42 Å². The van der Waals surface area contributed by atoms with E-state index < -0.39 is 11.7 Å². The number of aromatic nitrogens is 1. The van der Waals surface area contributed by atoms with Gasteiger partial charge in [-0.25, -0.2) is 9.36 Å². The predicted octanol–water partition coefficient (Wildman–Crippen LogP) is 3.56. The molecule has 0 saturated heterocycles. The molecule has 1 heterocycles. The molecule has 0 unspecified atom stereocenters. The van der Waals surface area contributed by atoms with Crippen LogP contribution in [-0.2, 0) is 0 Å². The summed E-state index contributed by atoms with van der Waals surface area (Å²) < 4.78 is 6.09. The molecule has 110 valence electrons. The molecule has 0 N–H and O–H groups in total. The maximum absolute atomic E-state index is 12.3. The molecule has 0 radical (unpaired) electrons. The van der Waals surface area contributed by atoms with E-state index in [0.29, 0.717) is 11.1 Å². The van der Waals surface area contributed by atoms with Gasteiger partial charge in [0.1, 0.15) is 0 Å². The van der Waals surface area contributed by atoms with Crippen LogP contribution in [0.1, 0.15) is 21.5 Å². The van der Waals surface area contributed by atoms with Crippen molar-refractivity contribution in [2.24, 2.45) is 0 Å². The number of carbonyl (C=O) groups is 1. The van der Waals surface area contributed by atoms with E-state index in [1.165, 1.54) is 11.6 Å². The van der Waals surface area contributed by atoms with E-state index in [0.717, 1.165) is 15.7 Å². The number of rotatable bonds is 2. The quantitative estimate of drug-likeness (QED) is 0.679. The number of nitrogens with zero attached hydrogens (tertiary/aromatic N) is 1. The van der Waals surface area contributed by atoms with Gasteiger partial charge < -0.3 is 4.42 Å². The van der Waals surface area contributed by atoms with Gasteiger partial charge in [-0.05, 0) is 48.7 Å². The summed E-state index contributed by atoms with van der Waals surface area (Å²) in [6.45, 7) is 4.05. The van der Waals surface area contributed by atoms with Gasteiger partial charge in [-0.3, -0.25) is 4.79 Å². The smallest absolute Gasteiger partial charge is 0.407 e. The van der Waals surface area contributed by atoms with Crippen molar-refractivity contribution in [3.8, 4) is 0 Å². The van der Waals surface area contributed by atoms with Crippen molar-refractivity contribution in [2.75, 3.05) is 0 Å². The zero-order valence-corrected chi connectivity index (χ0v) is 12.4. The van der Waals surface area contributed by atoms with E-state index in [-0.39, 0.29) is 0 Å². The molecule has 0 saturated carbocycles. The predicted molar refractivity (Wildman–Crippen MR) is 86.1 cm³/mol. The number of hydrogen-bond donors (Lipinski definition) is 0. The normalized spacial score (nSPS) is 11.4. The molecule has 0 aliphatic rings. The minimum Gasteiger partial charge on any atom is -0.407 e. The summed E-state index contributed by atoms with van der Waals surface area (Å²) in [4.78, 5) is 24.1. The molecule has 3 aromatic rings. The lowest BCUT2D eigenvalue weighted by Gasteiger charge is -2.00. The number of benzene rings is 2. The fourth-order valence-corrected chi connectivity index (χ4v) is 2.29. The SMILES string of the molecule is Cc1ccc(/C=C/C(=O)n2c(=O)oc3ccccc32)cc1C. The summed E-state index contributed by atoms with van der Waals surface area (Å²) in [6, 6.07) is 12.8. The van der Waals surface area contributed by atoms with Gasteiger partial charge >= 0.3 is 5.76 Å². The Morgan fingerprint density at radius 3 is 2.64 bits per heavy atom. The Kier molecular flexibility index (Phi) is 3.51. The molecule has 1 aromatic heterocycles. The maximum Gasteiger partial charge on any atom is 0.427 e. The Morgan fingerprint density at radius 2 is 1.86 bits per heavy atom. The van der Waals surface area contributed by atoms with Gasteiger partial charge in [0, 0.05) is 6.08 Å². The van der Waals surface area contributed by atoms with Crippen LogP contribution in [0.5, 0.6) is 0 Å². The van der Waals surface area contributed by atoms with E-state index in [2.05, 4.69) is 0 Å². The molecule has 0 atom stereocenters. The number of allylic oxidation sites excluding steroid dienone is 1. The van der Waals surface area contributed by atoms with E-state index >= 15 is 0 Å². The highest BCUT2D eigenvalue weighted by molar-refractivity contribution is 5.98. The highest BCUT2D eigenvalue weighted by Gasteiger charge is 2.13. The molecule has 3 rings (SSSR count). The number of carbonyl (C=O) groups excluding carboxylic acids is 1. The van der Waals surface area contributed by atoms with Gasteiger partial charge in [0.05, 0.1) is 5.52 Å². The largest absolute Gasteiger partial charge is 0.427 e. The van der Waals surface area contributed by atoms with Crippen LogP contribution in [-0.4, -0.2) is 10.5 Å². The summed E-state index contributed by atoms with van der Waals surface area (Å²) in [5.41, 5.74) is 4.14. The molecule has 0 amide bonds. The third-order valence-electron chi connectivity index (χ3n) is 3.66. The molecule has 4 nitrogen and oxygen atoms in total. The first-order valence-electron chi connectivity index (χ1n) is 6.96. The Labute approximate surface area is 127 Å². The van der Waals surface area contributed by atoms with Crippen molar-refractivity contribution in [3.63, 3.8) is 0 Å². The van der Waals surface area contributed by atoms with Crippen LogP contribution in [0, 0.1) is 13.8 Å². The number of oxazole rings is 1. The van der Waals surface area contributed by atoms with E-state index in [9.17, 15) is 9.59 Å². The van der Waals surface area contributed by atoms with Crippen LogP contribution in [0.4, 0.5) is 0 Å². The van der Waals surface area contributed by atoms with Crippen LogP contribution < -0.4 is 5.76 Å². The average molecular weight is 293 g/mol. The number of hydrogen-bond acceptors (Lipinski definition) is 3. The molecule has 0 aliphatic carbocycles. The van der Waals surface area contributed by atoms with Crippen molar-refractivity contribution in [1.29, 1.82) is 0 Å². The van der Waals surface area contributed by atoms with Gasteiger partial charge in [-0.1, -0.05) is 30.3 Å². The van der Waals surface area contributed by atoms with Crippen LogP contribution in [0.2, 0.25) is 0 Å².